The fourth-order valence-corrected chi connectivity index (χ4v) is 4.14. The van der Waals surface area contributed by atoms with Crippen LogP contribution in [0.4, 0.5) is 0 Å². The van der Waals surface area contributed by atoms with E-state index in [1.807, 2.05) is 38.1 Å². The van der Waals surface area contributed by atoms with Crippen LogP contribution in [0.15, 0.2) is 50.4 Å². The molecule has 0 saturated carbocycles. The van der Waals surface area contributed by atoms with Crippen LogP contribution in [0.5, 0.6) is 5.75 Å². The average molecular weight is 510 g/mol. The van der Waals surface area contributed by atoms with Gasteiger partial charge in [0.15, 0.2) is 0 Å². The third-order valence-electron chi connectivity index (χ3n) is 4.17. The number of benzene rings is 2. The smallest absolute Gasteiger partial charge is 0.271 e. The Morgan fingerprint density at radius 2 is 1.75 bits per heavy atom. The van der Waals surface area contributed by atoms with E-state index in [1.165, 1.54) is 0 Å². The third kappa shape index (κ3) is 7.06. The zero-order valence-electron chi connectivity index (χ0n) is 16.7. The van der Waals surface area contributed by atoms with E-state index in [4.69, 9.17) is 4.74 Å². The Morgan fingerprint density at radius 1 is 1.14 bits per heavy atom. The molecule has 0 saturated heterocycles. The first-order valence-corrected chi connectivity index (χ1v) is 10.9. The fraction of sp³-hybridized carbons (Fsp3) is 0.364. The van der Waals surface area contributed by atoms with Gasteiger partial charge in [0.25, 0.3) is 5.91 Å². The van der Waals surface area contributed by atoms with Crippen LogP contribution in [0.3, 0.4) is 0 Å². The van der Waals surface area contributed by atoms with Crippen LogP contribution in [0.25, 0.3) is 0 Å². The molecule has 0 spiro atoms. The van der Waals surface area contributed by atoms with Gasteiger partial charge in [-0.1, -0.05) is 26.0 Å². The predicted molar refractivity (Wildman–Crippen MR) is 122 cm³/mol. The van der Waals surface area contributed by atoms with Crippen molar-refractivity contribution in [3.8, 4) is 5.75 Å². The van der Waals surface area contributed by atoms with Crippen molar-refractivity contribution in [2.45, 2.75) is 47.1 Å². The number of hydrogen-bond donors (Lipinski definition) is 1. The summed E-state index contributed by atoms with van der Waals surface area (Å²) in [6.07, 6.45) is 1.95. The first-order valence-electron chi connectivity index (χ1n) is 9.27. The van der Waals surface area contributed by atoms with Crippen molar-refractivity contribution in [1.82, 2.24) is 5.43 Å². The molecule has 150 valence electrons. The number of hydrogen-bond acceptors (Lipinski definition) is 3. The van der Waals surface area contributed by atoms with Crippen LogP contribution in [-0.2, 0) is 6.61 Å². The van der Waals surface area contributed by atoms with Crippen LogP contribution in [0.1, 0.15) is 55.1 Å². The molecular formula is C22H26Br2N2O2. The van der Waals surface area contributed by atoms with Crippen LogP contribution in [0.2, 0.25) is 0 Å². The molecule has 1 N–H and O–H groups in total. The van der Waals surface area contributed by atoms with Crippen molar-refractivity contribution >= 4 is 43.5 Å². The molecule has 2 aromatic rings. The molecule has 2 aromatic carbocycles. The molecule has 0 radical (unpaired) electrons. The lowest BCUT2D eigenvalue weighted by molar-refractivity contribution is 0.0954. The van der Waals surface area contributed by atoms with Crippen LogP contribution < -0.4 is 10.2 Å². The van der Waals surface area contributed by atoms with Gasteiger partial charge in [-0.3, -0.25) is 4.79 Å². The molecule has 6 heteroatoms. The van der Waals surface area contributed by atoms with Gasteiger partial charge in [0.1, 0.15) is 12.4 Å². The number of amides is 1. The highest BCUT2D eigenvalue weighted by atomic mass is 79.9. The van der Waals surface area contributed by atoms with Crippen molar-refractivity contribution in [1.29, 1.82) is 0 Å². The monoisotopic (exact) mass is 508 g/mol. The summed E-state index contributed by atoms with van der Waals surface area (Å²) in [5, 5.41) is 4.18. The fourth-order valence-electron chi connectivity index (χ4n) is 2.50. The normalized spacial score (nSPS) is 11.6. The van der Waals surface area contributed by atoms with E-state index in [0.717, 1.165) is 44.4 Å². The van der Waals surface area contributed by atoms with Crippen LogP contribution in [0, 0.1) is 12.8 Å². The molecule has 2 rings (SSSR count). The van der Waals surface area contributed by atoms with Crippen molar-refractivity contribution in [3.05, 3.63) is 62.0 Å². The van der Waals surface area contributed by atoms with Gasteiger partial charge in [-0.25, -0.2) is 5.43 Å². The zero-order chi connectivity index (χ0) is 20.7. The predicted octanol–water partition coefficient (Wildman–Crippen LogP) is 6.64. The van der Waals surface area contributed by atoms with E-state index in [2.05, 4.69) is 56.2 Å². The maximum absolute atomic E-state index is 12.2. The van der Waals surface area contributed by atoms with Crippen molar-refractivity contribution < 1.29 is 9.53 Å². The summed E-state index contributed by atoms with van der Waals surface area (Å²) in [4.78, 5) is 12.2. The van der Waals surface area contributed by atoms with Crippen LogP contribution >= 0.6 is 31.9 Å². The minimum atomic E-state index is -0.208. The SMILES string of the molecule is C/C(CCC(C)C)=N/NC(=O)c1ccc(COc2c(Br)cc(C)cc2Br)cc1. The average Bonchev–Trinajstić information content (AvgIpc) is 2.64. The van der Waals surface area contributed by atoms with Gasteiger partial charge in [0, 0.05) is 11.3 Å². The lowest BCUT2D eigenvalue weighted by Crippen LogP contribution is -2.19. The van der Waals surface area contributed by atoms with Crippen LogP contribution in [-0.4, -0.2) is 11.6 Å². The highest BCUT2D eigenvalue weighted by Gasteiger charge is 2.09. The quantitative estimate of drug-likeness (QED) is 0.320. The largest absolute Gasteiger partial charge is 0.487 e. The van der Waals surface area contributed by atoms with Gasteiger partial charge in [-0.15, -0.1) is 0 Å². The van der Waals surface area contributed by atoms with Crippen molar-refractivity contribution in [2.75, 3.05) is 0 Å². The summed E-state index contributed by atoms with van der Waals surface area (Å²) in [7, 11) is 0. The topological polar surface area (TPSA) is 50.7 Å². The maximum atomic E-state index is 12.2. The van der Waals surface area contributed by atoms with E-state index in [0.29, 0.717) is 18.1 Å². The van der Waals surface area contributed by atoms with Crippen molar-refractivity contribution in [3.63, 3.8) is 0 Å². The molecule has 28 heavy (non-hydrogen) atoms. The second kappa shape index (κ2) is 10.8. The molecule has 0 fully saturated rings. The van der Waals surface area contributed by atoms with E-state index in [1.54, 1.807) is 12.1 Å². The Balaban J connectivity index is 1.92. The second-order valence-corrected chi connectivity index (χ2v) is 8.97. The lowest BCUT2D eigenvalue weighted by atomic mass is 10.1. The molecule has 4 nitrogen and oxygen atoms in total. The molecule has 0 aliphatic heterocycles. The van der Waals surface area contributed by atoms with E-state index in [9.17, 15) is 4.79 Å². The van der Waals surface area contributed by atoms with E-state index >= 15 is 0 Å². The lowest BCUT2D eigenvalue weighted by Gasteiger charge is -2.11. The Bertz CT molecular complexity index is 823. The molecule has 0 aromatic heterocycles. The first kappa shape index (κ1) is 22.6. The number of hydrazone groups is 1. The van der Waals surface area contributed by atoms with E-state index < -0.39 is 0 Å². The van der Waals surface area contributed by atoms with Gasteiger partial charge < -0.3 is 4.74 Å². The summed E-state index contributed by atoms with van der Waals surface area (Å²) in [6.45, 7) is 8.72. The number of carbonyl (C=O) groups is 1. The third-order valence-corrected chi connectivity index (χ3v) is 5.35. The van der Waals surface area contributed by atoms with Gasteiger partial charge in [0.05, 0.1) is 8.95 Å². The molecule has 0 heterocycles. The van der Waals surface area contributed by atoms with Gasteiger partial charge in [0.2, 0.25) is 0 Å². The number of ether oxygens (including phenoxy) is 1. The number of carbonyl (C=O) groups excluding carboxylic acids is 1. The number of rotatable bonds is 8. The number of halogens is 2. The Hall–Kier alpha value is -1.66. The number of nitrogens with zero attached hydrogens (tertiary/aromatic N) is 1. The zero-order valence-corrected chi connectivity index (χ0v) is 19.9. The second-order valence-electron chi connectivity index (χ2n) is 7.26. The maximum Gasteiger partial charge on any atom is 0.271 e. The molecule has 0 aliphatic carbocycles. The molecule has 0 aliphatic rings. The summed E-state index contributed by atoms with van der Waals surface area (Å²) in [6, 6.07) is 11.4. The highest BCUT2D eigenvalue weighted by molar-refractivity contribution is 9.11. The summed E-state index contributed by atoms with van der Waals surface area (Å²) in [5.74, 6) is 1.18. The minimum absolute atomic E-state index is 0.208. The molecule has 0 bridgehead atoms. The Kier molecular flexibility index (Phi) is 8.70. The van der Waals surface area contributed by atoms with Crippen molar-refractivity contribution in [2.24, 2.45) is 11.0 Å². The minimum Gasteiger partial charge on any atom is -0.487 e. The van der Waals surface area contributed by atoms with Gasteiger partial charge in [-0.05, 0) is 99.9 Å². The molecular weight excluding hydrogens is 484 g/mol. The van der Waals surface area contributed by atoms with Gasteiger partial charge in [-0.2, -0.15) is 5.10 Å². The van der Waals surface area contributed by atoms with Gasteiger partial charge >= 0.3 is 0 Å². The molecule has 0 unspecified atom stereocenters. The number of aryl methyl sites for hydroxylation is 1. The number of nitrogens with one attached hydrogen (secondary N) is 1. The Labute approximate surface area is 184 Å². The highest BCUT2D eigenvalue weighted by Crippen LogP contribution is 2.35. The summed E-state index contributed by atoms with van der Waals surface area (Å²) < 4.78 is 7.73. The molecule has 1 amide bonds. The Morgan fingerprint density at radius 3 is 2.32 bits per heavy atom. The first-order chi connectivity index (χ1) is 13.3. The molecule has 0 atom stereocenters. The summed E-state index contributed by atoms with van der Waals surface area (Å²) in [5.41, 5.74) is 6.25. The van der Waals surface area contributed by atoms with E-state index in [-0.39, 0.29) is 5.91 Å². The summed E-state index contributed by atoms with van der Waals surface area (Å²) >= 11 is 7.06. The standard InChI is InChI=1S/C22H26Br2N2O2/c1-14(2)5-6-16(4)25-26-22(27)18-9-7-17(8-10-18)13-28-21-19(23)11-15(3)12-20(21)24/h7-12,14H,5-6,13H2,1-4H3,(H,26,27)/b25-16-.